The van der Waals surface area contributed by atoms with Gasteiger partial charge in [0.1, 0.15) is 0 Å². The molecule has 1 aliphatic carbocycles. The quantitative estimate of drug-likeness (QED) is 0.421. The molecular weight excluding hydrogens is 386 g/mol. The van der Waals surface area contributed by atoms with E-state index in [0.29, 0.717) is 30.6 Å². The molecule has 8 nitrogen and oxygen atoms in total. The van der Waals surface area contributed by atoms with Gasteiger partial charge in [-0.25, -0.2) is 9.69 Å². The minimum absolute atomic E-state index is 0.00679. The lowest BCUT2D eigenvalue weighted by Crippen LogP contribution is -2.46. The first-order valence-electron chi connectivity index (χ1n) is 10.5. The molecule has 5 amide bonds. The molecular formula is C22H25N3O5. The average molecular weight is 411 g/mol. The minimum Gasteiger partial charge on any atom is -0.312 e. The average Bonchev–Trinajstić information content (AvgIpc) is 3.26. The molecule has 3 fully saturated rings. The van der Waals surface area contributed by atoms with Crippen molar-refractivity contribution in [3.63, 3.8) is 0 Å². The van der Waals surface area contributed by atoms with Gasteiger partial charge in [0.25, 0.3) is 0 Å². The number of hydrogen-bond acceptors (Lipinski definition) is 5. The van der Waals surface area contributed by atoms with Crippen LogP contribution in [0.3, 0.4) is 0 Å². The van der Waals surface area contributed by atoms with Gasteiger partial charge in [-0.2, -0.15) is 0 Å². The Morgan fingerprint density at radius 1 is 1.03 bits per heavy atom. The number of nitrogens with zero attached hydrogens (tertiary/aromatic N) is 3. The third-order valence-corrected chi connectivity index (χ3v) is 6.34. The largest absolute Gasteiger partial charge is 0.334 e. The van der Waals surface area contributed by atoms with Crippen molar-refractivity contribution in [2.75, 3.05) is 18.0 Å². The first-order valence-corrected chi connectivity index (χ1v) is 10.5. The molecule has 8 heteroatoms. The zero-order valence-electron chi connectivity index (χ0n) is 17.0. The summed E-state index contributed by atoms with van der Waals surface area (Å²) < 4.78 is 0. The summed E-state index contributed by atoms with van der Waals surface area (Å²) in [4.78, 5) is 66.1. The number of carbonyl (C=O) groups excluding carboxylic acids is 5. The third-order valence-electron chi connectivity index (χ3n) is 6.34. The molecule has 0 bridgehead atoms. The second kappa shape index (κ2) is 8.01. The van der Waals surface area contributed by atoms with Crippen LogP contribution in [0.15, 0.2) is 24.3 Å². The van der Waals surface area contributed by atoms with E-state index < -0.39 is 30.2 Å². The SMILES string of the molecule is C[C@H]1CCCC[C@@H]1N1C(=O)C(=O)N(CC(=O)c2cccc(N3CCCC3=O)c2)C1=O. The fourth-order valence-corrected chi connectivity index (χ4v) is 4.64. The van der Waals surface area contributed by atoms with Crippen LogP contribution in [0.25, 0.3) is 0 Å². The highest BCUT2D eigenvalue weighted by Crippen LogP contribution is 2.31. The van der Waals surface area contributed by atoms with Crippen molar-refractivity contribution >= 4 is 35.2 Å². The third kappa shape index (κ3) is 3.51. The van der Waals surface area contributed by atoms with E-state index >= 15 is 0 Å². The summed E-state index contributed by atoms with van der Waals surface area (Å²) >= 11 is 0. The summed E-state index contributed by atoms with van der Waals surface area (Å²) in [6.07, 6.45) is 4.77. The van der Waals surface area contributed by atoms with Gasteiger partial charge < -0.3 is 4.90 Å². The van der Waals surface area contributed by atoms with E-state index in [1.54, 1.807) is 29.2 Å². The zero-order valence-corrected chi connectivity index (χ0v) is 17.0. The van der Waals surface area contributed by atoms with Crippen molar-refractivity contribution in [2.24, 2.45) is 5.92 Å². The molecule has 2 saturated heterocycles. The minimum atomic E-state index is -0.947. The standard InChI is InChI=1S/C22H25N3O5/c1-14-6-2-3-9-17(14)25-21(29)20(28)24(22(25)30)13-18(26)15-7-4-8-16(12-15)23-11-5-10-19(23)27/h4,7-8,12,14,17H,2-3,5-6,9-11,13H2,1H3/t14-,17-/m0/s1. The van der Waals surface area contributed by atoms with Gasteiger partial charge >= 0.3 is 17.8 Å². The molecule has 1 aromatic rings. The highest BCUT2D eigenvalue weighted by molar-refractivity contribution is 6.45. The van der Waals surface area contributed by atoms with Crippen molar-refractivity contribution in [2.45, 2.75) is 51.5 Å². The van der Waals surface area contributed by atoms with E-state index in [1.807, 2.05) is 6.92 Å². The maximum absolute atomic E-state index is 12.9. The molecule has 3 aliphatic rings. The van der Waals surface area contributed by atoms with E-state index in [4.69, 9.17) is 0 Å². The van der Waals surface area contributed by atoms with Crippen LogP contribution in [0.4, 0.5) is 10.5 Å². The molecule has 0 radical (unpaired) electrons. The molecule has 0 spiro atoms. The van der Waals surface area contributed by atoms with Crippen molar-refractivity contribution in [1.29, 1.82) is 0 Å². The highest BCUT2D eigenvalue weighted by Gasteiger charge is 2.49. The van der Waals surface area contributed by atoms with Crippen LogP contribution in [0, 0.1) is 5.92 Å². The van der Waals surface area contributed by atoms with Gasteiger partial charge in [0, 0.05) is 30.3 Å². The number of ketones is 1. The molecule has 0 N–H and O–H groups in total. The normalized spacial score (nSPS) is 24.9. The maximum atomic E-state index is 12.9. The first kappa shape index (κ1) is 20.3. The van der Waals surface area contributed by atoms with Crippen LogP contribution in [-0.2, 0) is 14.4 Å². The van der Waals surface area contributed by atoms with Crippen molar-refractivity contribution < 1.29 is 24.0 Å². The number of Topliss-reactive ketones (excluding diaryl/α,β-unsaturated/α-hetero) is 1. The van der Waals surface area contributed by atoms with Gasteiger partial charge in [0.05, 0.1) is 6.54 Å². The van der Waals surface area contributed by atoms with E-state index in [-0.39, 0.29) is 17.9 Å². The predicted molar refractivity (Wildman–Crippen MR) is 108 cm³/mol. The monoisotopic (exact) mass is 411 g/mol. The van der Waals surface area contributed by atoms with Crippen LogP contribution >= 0.6 is 0 Å². The number of urea groups is 1. The van der Waals surface area contributed by atoms with E-state index in [0.717, 1.165) is 35.5 Å². The van der Waals surface area contributed by atoms with E-state index in [9.17, 15) is 24.0 Å². The van der Waals surface area contributed by atoms with Crippen LogP contribution in [0.2, 0.25) is 0 Å². The first-order chi connectivity index (χ1) is 14.4. The topological polar surface area (TPSA) is 95.1 Å². The van der Waals surface area contributed by atoms with Crippen LogP contribution in [0.1, 0.15) is 55.8 Å². The van der Waals surface area contributed by atoms with Crippen molar-refractivity contribution in [3.8, 4) is 0 Å². The van der Waals surface area contributed by atoms with Crippen molar-refractivity contribution in [1.82, 2.24) is 9.80 Å². The molecule has 158 valence electrons. The Balaban J connectivity index is 1.50. The second-order valence-electron chi connectivity index (χ2n) is 8.30. The van der Waals surface area contributed by atoms with Gasteiger partial charge in [-0.3, -0.25) is 24.1 Å². The number of carbonyl (C=O) groups is 5. The van der Waals surface area contributed by atoms with Crippen LogP contribution < -0.4 is 4.90 Å². The fourth-order valence-electron chi connectivity index (χ4n) is 4.64. The summed E-state index contributed by atoms with van der Waals surface area (Å²) in [7, 11) is 0. The van der Waals surface area contributed by atoms with Gasteiger partial charge in [-0.05, 0) is 37.3 Å². The molecule has 2 atom stereocenters. The second-order valence-corrected chi connectivity index (χ2v) is 8.30. The molecule has 2 aliphatic heterocycles. The van der Waals surface area contributed by atoms with Gasteiger partial charge in [0.2, 0.25) is 5.91 Å². The summed E-state index contributed by atoms with van der Waals surface area (Å²) in [5.41, 5.74) is 0.917. The highest BCUT2D eigenvalue weighted by atomic mass is 16.2. The molecule has 30 heavy (non-hydrogen) atoms. The number of rotatable bonds is 5. The smallest absolute Gasteiger partial charge is 0.312 e. The Bertz CT molecular complexity index is 927. The van der Waals surface area contributed by atoms with E-state index in [2.05, 4.69) is 0 Å². The van der Waals surface area contributed by atoms with Crippen LogP contribution in [0.5, 0.6) is 0 Å². The summed E-state index contributed by atoms with van der Waals surface area (Å²) in [5, 5.41) is 0. The van der Waals surface area contributed by atoms with E-state index in [1.165, 1.54) is 0 Å². The summed E-state index contributed by atoms with van der Waals surface area (Å²) in [5.74, 6) is -2.10. The lowest BCUT2D eigenvalue weighted by molar-refractivity contribution is -0.144. The van der Waals surface area contributed by atoms with Crippen molar-refractivity contribution in [3.05, 3.63) is 29.8 Å². The molecule has 0 aromatic heterocycles. The molecule has 1 saturated carbocycles. The predicted octanol–water partition coefficient (Wildman–Crippen LogP) is 2.37. The van der Waals surface area contributed by atoms with Gasteiger partial charge in [-0.15, -0.1) is 0 Å². The Labute approximate surface area is 174 Å². The Kier molecular flexibility index (Phi) is 5.40. The Hall–Kier alpha value is -3.03. The molecule has 1 aromatic carbocycles. The molecule has 4 rings (SSSR count). The van der Waals surface area contributed by atoms with Gasteiger partial charge in [0.15, 0.2) is 5.78 Å². The van der Waals surface area contributed by atoms with Gasteiger partial charge in [-0.1, -0.05) is 31.9 Å². The van der Waals surface area contributed by atoms with Crippen LogP contribution in [-0.4, -0.2) is 58.5 Å². The molecule has 2 heterocycles. The molecule has 0 unspecified atom stereocenters. The number of hydrogen-bond donors (Lipinski definition) is 0. The lowest BCUT2D eigenvalue weighted by atomic mass is 9.85. The zero-order chi connectivity index (χ0) is 21.4. The summed E-state index contributed by atoms with van der Waals surface area (Å²) in [6, 6.07) is 5.60. The Morgan fingerprint density at radius 2 is 1.80 bits per heavy atom. The fraction of sp³-hybridized carbons (Fsp3) is 0.500. The number of anilines is 1. The maximum Gasteiger partial charge on any atom is 0.334 e. The lowest BCUT2D eigenvalue weighted by Gasteiger charge is -2.34. The summed E-state index contributed by atoms with van der Waals surface area (Å²) in [6.45, 7) is 2.09. The number of amides is 5. The number of imide groups is 2. The number of benzene rings is 1. The Morgan fingerprint density at radius 3 is 2.50 bits per heavy atom.